The van der Waals surface area contributed by atoms with Gasteiger partial charge in [-0.2, -0.15) is 4.31 Å². The number of thiophene rings is 1. The van der Waals surface area contributed by atoms with Crippen LogP contribution in [0, 0.1) is 11.8 Å². The summed E-state index contributed by atoms with van der Waals surface area (Å²) in [7, 11) is -3.63. The summed E-state index contributed by atoms with van der Waals surface area (Å²) in [5.74, 6) is -0.205. The number of carbonyl (C=O) groups excluding carboxylic acids is 2. The van der Waals surface area contributed by atoms with Gasteiger partial charge in [-0.1, -0.05) is 20.8 Å². The minimum Gasteiger partial charge on any atom is -0.462 e. The normalized spacial score (nSPS) is 21.1. The Bertz CT molecular complexity index is 1210. The second-order valence-corrected chi connectivity index (χ2v) is 12.8. The second-order valence-electron chi connectivity index (χ2n) is 9.79. The quantitative estimate of drug-likeness (QED) is 0.536. The Kier molecular flexibility index (Phi) is 8.18. The van der Waals surface area contributed by atoms with Gasteiger partial charge in [0.05, 0.1) is 17.1 Å². The number of rotatable bonds is 7. The van der Waals surface area contributed by atoms with Crippen LogP contribution in [0.25, 0.3) is 0 Å². The standard InChI is InChI=1S/C26H35N3O5S2/c1-5-28-12-11-21-22(16-28)35-25(23(21)26(31)34-6-2)27-24(30)19-7-9-20(10-8-19)36(32,33)29-14-17(3)13-18(4)15-29/h7-10,17-18H,5-6,11-16H2,1-4H3,(H,27,30)/t17-,18+. The van der Waals surface area contributed by atoms with Crippen molar-refractivity contribution in [3.05, 3.63) is 45.8 Å². The maximum atomic E-state index is 13.2. The number of amides is 1. The highest BCUT2D eigenvalue weighted by atomic mass is 32.2. The van der Waals surface area contributed by atoms with E-state index in [4.69, 9.17) is 4.74 Å². The van der Waals surface area contributed by atoms with Crippen LogP contribution >= 0.6 is 11.3 Å². The van der Waals surface area contributed by atoms with Crippen LogP contribution in [0.5, 0.6) is 0 Å². The number of ether oxygens (including phenoxy) is 1. The average Bonchev–Trinajstić information content (AvgIpc) is 3.20. The van der Waals surface area contributed by atoms with Crippen molar-refractivity contribution in [1.29, 1.82) is 0 Å². The molecule has 2 aromatic rings. The van der Waals surface area contributed by atoms with Crippen molar-refractivity contribution in [2.45, 2.75) is 52.0 Å². The molecule has 36 heavy (non-hydrogen) atoms. The molecule has 3 heterocycles. The molecule has 8 nitrogen and oxygen atoms in total. The van der Waals surface area contributed by atoms with Crippen LogP contribution in [0.2, 0.25) is 0 Å². The molecule has 0 bridgehead atoms. The van der Waals surface area contributed by atoms with Crippen molar-refractivity contribution >= 4 is 38.2 Å². The molecule has 1 fully saturated rings. The van der Waals surface area contributed by atoms with Gasteiger partial charge < -0.3 is 10.1 Å². The summed E-state index contributed by atoms with van der Waals surface area (Å²) in [6.07, 6.45) is 1.74. The molecule has 1 amide bonds. The van der Waals surface area contributed by atoms with Crippen LogP contribution < -0.4 is 5.32 Å². The van der Waals surface area contributed by atoms with Gasteiger partial charge in [0.25, 0.3) is 5.91 Å². The van der Waals surface area contributed by atoms with Gasteiger partial charge in [0.1, 0.15) is 5.00 Å². The molecule has 0 saturated carbocycles. The molecule has 10 heteroatoms. The zero-order valence-corrected chi connectivity index (χ0v) is 23.0. The lowest BCUT2D eigenvalue weighted by Crippen LogP contribution is -2.42. The van der Waals surface area contributed by atoms with Gasteiger partial charge in [0.15, 0.2) is 0 Å². The Morgan fingerprint density at radius 3 is 2.39 bits per heavy atom. The Labute approximate surface area is 217 Å². The van der Waals surface area contributed by atoms with Gasteiger partial charge in [-0.05, 0) is 68.0 Å². The van der Waals surface area contributed by atoms with E-state index in [-0.39, 0.29) is 11.5 Å². The van der Waals surface area contributed by atoms with E-state index in [1.807, 2.05) is 0 Å². The molecule has 196 valence electrons. The first kappa shape index (κ1) is 26.8. The molecular formula is C26H35N3O5S2. The third-order valence-electron chi connectivity index (χ3n) is 6.88. The Hall–Kier alpha value is -2.27. The van der Waals surface area contributed by atoms with Crippen LogP contribution in [-0.2, 0) is 27.7 Å². The highest BCUT2D eigenvalue weighted by molar-refractivity contribution is 7.89. The molecule has 2 atom stereocenters. The number of fused-ring (bicyclic) bond motifs is 1. The summed E-state index contributed by atoms with van der Waals surface area (Å²) in [4.78, 5) is 29.4. The zero-order valence-electron chi connectivity index (χ0n) is 21.4. The summed E-state index contributed by atoms with van der Waals surface area (Å²) in [5.41, 5.74) is 1.71. The summed E-state index contributed by atoms with van der Waals surface area (Å²) >= 11 is 1.41. The molecule has 4 rings (SSSR count). The SMILES string of the molecule is CCOC(=O)c1c(NC(=O)c2ccc(S(=O)(=O)N3C[C@H](C)C[C@H](C)C3)cc2)sc2c1CCN(CC)C2. The number of piperidine rings is 1. The first-order valence-corrected chi connectivity index (χ1v) is 14.8. The number of likely N-dealkylation sites (N-methyl/N-ethyl adjacent to an activating group) is 1. The highest BCUT2D eigenvalue weighted by Crippen LogP contribution is 2.38. The summed E-state index contributed by atoms with van der Waals surface area (Å²) < 4.78 is 33.2. The number of nitrogens with zero attached hydrogens (tertiary/aromatic N) is 2. The number of hydrogen-bond donors (Lipinski definition) is 1. The number of hydrogen-bond acceptors (Lipinski definition) is 7. The number of nitrogens with one attached hydrogen (secondary N) is 1. The molecule has 0 spiro atoms. The van der Waals surface area contributed by atoms with Gasteiger partial charge in [-0.25, -0.2) is 13.2 Å². The molecule has 1 aromatic heterocycles. The van der Waals surface area contributed by atoms with Gasteiger partial charge in [0.2, 0.25) is 10.0 Å². The zero-order chi connectivity index (χ0) is 26.0. The maximum absolute atomic E-state index is 13.2. The third kappa shape index (κ3) is 5.51. The van der Waals surface area contributed by atoms with E-state index in [0.717, 1.165) is 42.9 Å². The predicted octanol–water partition coefficient (Wildman–Crippen LogP) is 4.22. The molecule has 0 radical (unpaired) electrons. The Morgan fingerprint density at radius 1 is 1.11 bits per heavy atom. The highest BCUT2D eigenvalue weighted by Gasteiger charge is 2.32. The topological polar surface area (TPSA) is 96.0 Å². The van der Waals surface area contributed by atoms with Gasteiger partial charge >= 0.3 is 5.97 Å². The Morgan fingerprint density at radius 2 is 1.78 bits per heavy atom. The molecule has 1 aromatic carbocycles. The molecule has 2 aliphatic rings. The fourth-order valence-electron chi connectivity index (χ4n) is 5.14. The van der Waals surface area contributed by atoms with Gasteiger partial charge in [-0.3, -0.25) is 9.69 Å². The van der Waals surface area contributed by atoms with Crippen LogP contribution in [0.4, 0.5) is 5.00 Å². The lowest BCUT2D eigenvalue weighted by molar-refractivity contribution is 0.0526. The molecule has 2 aliphatic heterocycles. The third-order valence-corrected chi connectivity index (χ3v) is 9.86. The van der Waals surface area contributed by atoms with E-state index in [9.17, 15) is 18.0 Å². The van der Waals surface area contributed by atoms with Crippen LogP contribution in [-0.4, -0.2) is 62.3 Å². The maximum Gasteiger partial charge on any atom is 0.341 e. The monoisotopic (exact) mass is 533 g/mol. The smallest absolute Gasteiger partial charge is 0.341 e. The molecule has 1 N–H and O–H groups in total. The van der Waals surface area contributed by atoms with E-state index >= 15 is 0 Å². The number of carbonyl (C=O) groups is 2. The van der Waals surface area contributed by atoms with Crippen molar-refractivity contribution in [2.24, 2.45) is 11.8 Å². The lowest BCUT2D eigenvalue weighted by atomic mass is 9.94. The Balaban J connectivity index is 1.55. The van der Waals surface area contributed by atoms with Crippen LogP contribution in [0.15, 0.2) is 29.2 Å². The fraction of sp³-hybridized carbons (Fsp3) is 0.538. The lowest BCUT2D eigenvalue weighted by Gasteiger charge is -2.34. The van der Waals surface area contributed by atoms with Crippen LogP contribution in [0.1, 0.15) is 65.3 Å². The molecular weight excluding hydrogens is 498 g/mol. The van der Waals surface area contributed by atoms with E-state index in [1.165, 1.54) is 35.6 Å². The largest absolute Gasteiger partial charge is 0.462 e. The van der Waals surface area contributed by atoms with Crippen molar-refractivity contribution in [1.82, 2.24) is 9.21 Å². The van der Waals surface area contributed by atoms with Crippen molar-refractivity contribution < 1.29 is 22.7 Å². The van der Waals surface area contributed by atoms with Crippen molar-refractivity contribution in [2.75, 3.05) is 38.1 Å². The fourth-order valence-corrected chi connectivity index (χ4v) is 8.09. The predicted molar refractivity (Wildman–Crippen MR) is 141 cm³/mol. The van der Waals surface area contributed by atoms with E-state index in [0.29, 0.717) is 41.1 Å². The number of anilines is 1. The molecule has 1 saturated heterocycles. The minimum absolute atomic E-state index is 0.179. The van der Waals surface area contributed by atoms with Gasteiger partial charge in [0, 0.05) is 36.6 Å². The van der Waals surface area contributed by atoms with E-state index in [1.54, 1.807) is 11.2 Å². The average molecular weight is 534 g/mol. The number of esters is 1. The molecule has 0 aliphatic carbocycles. The van der Waals surface area contributed by atoms with Crippen LogP contribution in [0.3, 0.4) is 0 Å². The van der Waals surface area contributed by atoms with Gasteiger partial charge in [-0.15, -0.1) is 11.3 Å². The first-order valence-electron chi connectivity index (χ1n) is 12.6. The molecule has 0 unspecified atom stereocenters. The number of sulfonamides is 1. The summed E-state index contributed by atoms with van der Waals surface area (Å²) in [5, 5.41) is 3.37. The summed E-state index contributed by atoms with van der Waals surface area (Å²) in [6, 6.07) is 6.02. The number of benzene rings is 1. The minimum atomic E-state index is -3.63. The van der Waals surface area contributed by atoms with E-state index in [2.05, 4.69) is 31.0 Å². The van der Waals surface area contributed by atoms with Crippen molar-refractivity contribution in [3.63, 3.8) is 0 Å². The summed E-state index contributed by atoms with van der Waals surface area (Å²) in [6.45, 7) is 11.8. The first-order chi connectivity index (χ1) is 17.1. The van der Waals surface area contributed by atoms with Crippen molar-refractivity contribution in [3.8, 4) is 0 Å². The second kappa shape index (κ2) is 11.0. The van der Waals surface area contributed by atoms with E-state index < -0.39 is 21.9 Å².